The highest BCUT2D eigenvalue weighted by Crippen LogP contribution is 2.33. The molecule has 2 rings (SSSR count). The molecule has 2 atom stereocenters. The Balaban J connectivity index is 2.43. The van der Waals surface area contributed by atoms with Crippen LogP contribution >= 0.6 is 0 Å². The van der Waals surface area contributed by atoms with E-state index in [1.54, 1.807) is 39.1 Å². The van der Waals surface area contributed by atoms with Gasteiger partial charge in [-0.3, -0.25) is 9.78 Å². The van der Waals surface area contributed by atoms with E-state index in [0.29, 0.717) is 25.3 Å². The van der Waals surface area contributed by atoms with Crippen molar-refractivity contribution in [1.29, 1.82) is 0 Å². The highest BCUT2D eigenvalue weighted by molar-refractivity contribution is 7.92. The monoisotopic (exact) mass is 326 g/mol. The molecule has 0 unspecified atom stereocenters. The highest BCUT2D eigenvalue weighted by atomic mass is 32.2. The van der Waals surface area contributed by atoms with Crippen LogP contribution in [0.1, 0.15) is 38.9 Å². The lowest BCUT2D eigenvalue weighted by Gasteiger charge is -2.21. The fraction of sp³-hybridized carbons (Fsp3) is 0.600. The molecule has 0 spiro atoms. The molecule has 7 heteroatoms. The van der Waals surface area contributed by atoms with E-state index in [1.165, 1.54) is 0 Å². The van der Waals surface area contributed by atoms with Gasteiger partial charge in [0.2, 0.25) is 0 Å². The summed E-state index contributed by atoms with van der Waals surface area (Å²) in [6.45, 7) is 5.96. The van der Waals surface area contributed by atoms with Crippen LogP contribution in [0.15, 0.2) is 23.2 Å². The maximum atomic E-state index is 12.5. The molecular weight excluding hydrogens is 304 g/mol. The number of nitrogens with one attached hydrogen (secondary N) is 1. The lowest BCUT2D eigenvalue weighted by atomic mass is 9.98. The second-order valence-corrected chi connectivity index (χ2v) is 8.03. The topological polar surface area (TPSA) is 85.4 Å². The minimum atomic E-state index is -3.46. The molecule has 0 bridgehead atoms. The summed E-state index contributed by atoms with van der Waals surface area (Å²) in [6, 6.07) is 2.73. The van der Waals surface area contributed by atoms with Crippen molar-refractivity contribution in [2.24, 2.45) is 5.92 Å². The summed E-state index contributed by atoms with van der Waals surface area (Å²) < 4.78 is 30.1. The zero-order valence-electron chi connectivity index (χ0n) is 13.1. The Kier molecular flexibility index (Phi) is 5.18. The number of sulfone groups is 1. The molecule has 0 amide bonds. The summed E-state index contributed by atoms with van der Waals surface area (Å²) in [5.74, 6) is -0.716. The first-order valence-corrected chi connectivity index (χ1v) is 9.03. The summed E-state index contributed by atoms with van der Waals surface area (Å²) in [5, 5.41) is 2.64. The predicted molar refractivity (Wildman–Crippen MR) is 82.0 cm³/mol. The van der Waals surface area contributed by atoms with Crippen molar-refractivity contribution in [2.75, 3.05) is 13.2 Å². The van der Waals surface area contributed by atoms with Gasteiger partial charge in [0.25, 0.3) is 0 Å². The number of esters is 1. The van der Waals surface area contributed by atoms with Crippen molar-refractivity contribution >= 4 is 15.8 Å². The largest absolute Gasteiger partial charge is 0.466 e. The van der Waals surface area contributed by atoms with E-state index in [-0.39, 0.29) is 10.9 Å². The van der Waals surface area contributed by atoms with E-state index in [2.05, 4.69) is 10.3 Å². The third-order valence-electron chi connectivity index (χ3n) is 3.83. The molecule has 2 heterocycles. The normalized spacial score (nSPS) is 22.0. The second-order valence-electron chi connectivity index (χ2n) is 5.56. The molecule has 1 aromatic rings. The minimum Gasteiger partial charge on any atom is -0.466 e. The molecular formula is C15H22N2O4S. The summed E-state index contributed by atoms with van der Waals surface area (Å²) in [5.41, 5.74) is 0.409. The number of nitrogens with zero attached hydrogens (tertiary/aromatic N) is 1. The van der Waals surface area contributed by atoms with Crippen molar-refractivity contribution in [3.8, 4) is 0 Å². The molecule has 0 radical (unpaired) electrons. The van der Waals surface area contributed by atoms with Crippen molar-refractivity contribution < 1.29 is 17.9 Å². The first-order valence-electron chi connectivity index (χ1n) is 7.48. The van der Waals surface area contributed by atoms with E-state index in [1.807, 2.05) is 0 Å². The van der Waals surface area contributed by atoms with Gasteiger partial charge < -0.3 is 10.1 Å². The Morgan fingerprint density at radius 2 is 2.23 bits per heavy atom. The third-order valence-corrected chi connectivity index (χ3v) is 6.03. The lowest BCUT2D eigenvalue weighted by molar-refractivity contribution is -0.148. The molecule has 1 aromatic heterocycles. The molecule has 22 heavy (non-hydrogen) atoms. The Hall–Kier alpha value is -1.47. The smallest absolute Gasteiger partial charge is 0.310 e. The van der Waals surface area contributed by atoms with Crippen LogP contribution in [0.25, 0.3) is 0 Å². The zero-order chi connectivity index (χ0) is 16.3. The highest BCUT2D eigenvalue weighted by Gasteiger charge is 2.39. The van der Waals surface area contributed by atoms with Gasteiger partial charge in [-0.15, -0.1) is 0 Å². The number of carbonyl (C=O) groups is 1. The lowest BCUT2D eigenvalue weighted by Crippen LogP contribution is -2.28. The number of hydrogen-bond acceptors (Lipinski definition) is 6. The zero-order valence-corrected chi connectivity index (χ0v) is 13.9. The SMILES string of the molecule is CCOC(=O)[C@@H]1CCN[C@@H]1c1ncccc1S(=O)(=O)C(C)C. The molecule has 0 aliphatic carbocycles. The molecule has 0 aromatic carbocycles. The van der Waals surface area contributed by atoms with Crippen molar-refractivity contribution in [3.05, 3.63) is 24.0 Å². The molecule has 0 saturated carbocycles. The van der Waals surface area contributed by atoms with E-state index < -0.39 is 27.0 Å². The summed E-state index contributed by atoms with van der Waals surface area (Å²) in [6.07, 6.45) is 2.16. The average Bonchev–Trinajstić information content (AvgIpc) is 2.96. The fourth-order valence-corrected chi connectivity index (χ4v) is 3.87. The molecule has 1 N–H and O–H groups in total. The second kappa shape index (κ2) is 6.75. The van der Waals surface area contributed by atoms with Crippen molar-refractivity contribution in [1.82, 2.24) is 10.3 Å². The summed E-state index contributed by atoms with van der Waals surface area (Å²) >= 11 is 0. The number of carbonyl (C=O) groups excluding carboxylic acids is 1. The Morgan fingerprint density at radius 1 is 1.50 bits per heavy atom. The predicted octanol–water partition coefficient (Wildman–Crippen LogP) is 1.48. The van der Waals surface area contributed by atoms with Gasteiger partial charge in [-0.05, 0) is 45.9 Å². The van der Waals surface area contributed by atoms with Crippen LogP contribution in [0.4, 0.5) is 0 Å². The first kappa shape index (κ1) is 16.9. The number of pyridine rings is 1. The quantitative estimate of drug-likeness (QED) is 0.825. The first-order chi connectivity index (χ1) is 10.4. The third kappa shape index (κ3) is 3.15. The van der Waals surface area contributed by atoms with Gasteiger partial charge in [0.05, 0.1) is 34.4 Å². The minimum absolute atomic E-state index is 0.193. The van der Waals surface area contributed by atoms with Crippen LogP contribution < -0.4 is 5.32 Å². The summed E-state index contributed by atoms with van der Waals surface area (Å²) in [4.78, 5) is 16.5. The number of aromatic nitrogens is 1. The van der Waals surface area contributed by atoms with Crippen LogP contribution in [0.2, 0.25) is 0 Å². The molecule has 122 valence electrons. The maximum absolute atomic E-state index is 12.5. The van der Waals surface area contributed by atoms with Crippen LogP contribution in [0.5, 0.6) is 0 Å². The van der Waals surface area contributed by atoms with Gasteiger partial charge in [0, 0.05) is 6.20 Å². The molecule has 6 nitrogen and oxygen atoms in total. The standard InChI is InChI=1S/C15H22N2O4S/c1-4-21-15(18)11-7-9-17-13(11)14-12(6-5-8-16-14)22(19,20)10(2)3/h5-6,8,10-11,13,17H,4,7,9H2,1-3H3/t11-,13+/m1/s1. The van der Waals surface area contributed by atoms with Crippen LogP contribution in [-0.4, -0.2) is 37.8 Å². The van der Waals surface area contributed by atoms with E-state index >= 15 is 0 Å². The molecule has 1 fully saturated rings. The molecule has 1 aliphatic rings. The van der Waals surface area contributed by atoms with Crippen LogP contribution in [0.3, 0.4) is 0 Å². The van der Waals surface area contributed by atoms with E-state index in [0.717, 1.165) is 0 Å². The number of hydrogen-bond donors (Lipinski definition) is 1. The van der Waals surface area contributed by atoms with Gasteiger partial charge >= 0.3 is 5.97 Å². The van der Waals surface area contributed by atoms with Crippen LogP contribution in [-0.2, 0) is 19.4 Å². The van der Waals surface area contributed by atoms with E-state index in [9.17, 15) is 13.2 Å². The molecule has 1 saturated heterocycles. The average molecular weight is 326 g/mol. The van der Waals surface area contributed by atoms with Gasteiger partial charge in [0.15, 0.2) is 9.84 Å². The number of rotatable bonds is 5. The van der Waals surface area contributed by atoms with Crippen LogP contribution in [0, 0.1) is 5.92 Å². The Bertz CT molecular complexity index is 643. The van der Waals surface area contributed by atoms with Crippen molar-refractivity contribution in [2.45, 2.75) is 43.4 Å². The summed E-state index contributed by atoms with van der Waals surface area (Å²) in [7, 11) is -3.46. The van der Waals surface area contributed by atoms with Gasteiger partial charge in [-0.25, -0.2) is 8.42 Å². The molecule has 1 aliphatic heterocycles. The number of ether oxygens (including phenoxy) is 1. The van der Waals surface area contributed by atoms with Gasteiger partial charge in [-0.2, -0.15) is 0 Å². The Labute approximate surface area is 131 Å². The Morgan fingerprint density at radius 3 is 2.86 bits per heavy atom. The van der Waals surface area contributed by atoms with Crippen molar-refractivity contribution in [3.63, 3.8) is 0 Å². The van der Waals surface area contributed by atoms with E-state index in [4.69, 9.17) is 4.74 Å². The van der Waals surface area contributed by atoms with Gasteiger partial charge in [-0.1, -0.05) is 0 Å². The fourth-order valence-electron chi connectivity index (χ4n) is 2.62. The maximum Gasteiger partial charge on any atom is 0.310 e. The van der Waals surface area contributed by atoms with Gasteiger partial charge in [0.1, 0.15) is 0 Å².